The van der Waals surface area contributed by atoms with Gasteiger partial charge in [-0.15, -0.1) is 0 Å². The van der Waals surface area contributed by atoms with Gasteiger partial charge in [-0.3, -0.25) is 24.5 Å². The van der Waals surface area contributed by atoms with Gasteiger partial charge in [-0.2, -0.15) is 39.5 Å². The first-order valence-corrected chi connectivity index (χ1v) is 9.52. The zero-order chi connectivity index (χ0) is 26.8. The van der Waals surface area contributed by atoms with E-state index in [9.17, 15) is 64.0 Å². The fourth-order valence-corrected chi connectivity index (χ4v) is 2.81. The summed E-state index contributed by atoms with van der Waals surface area (Å²) in [4.78, 5) is 43.2. The molecule has 3 amide bonds. The number of halogens is 9. The van der Waals surface area contributed by atoms with Crippen molar-refractivity contribution in [2.45, 2.75) is 62.6 Å². The first-order chi connectivity index (χ1) is 15.3. The fourth-order valence-electron chi connectivity index (χ4n) is 2.81. The standard InChI is InChI=1S/C16H21F9N4O5/c17-14(18,19)10(30)26-7-1-4-13(29(33)34,5-2-8-27-11(31)15(20,21)22)6-3-9-28-12(32)16(23,24)25/h1-9H2,(H,26,30)(H,27,31)(H,28,32). The molecule has 3 N–H and O–H groups in total. The summed E-state index contributed by atoms with van der Waals surface area (Å²) in [5.41, 5.74) is -2.02. The Balaban J connectivity index is 5.11. The maximum Gasteiger partial charge on any atom is 0.471 e. The van der Waals surface area contributed by atoms with Crippen molar-refractivity contribution in [1.29, 1.82) is 0 Å². The van der Waals surface area contributed by atoms with E-state index >= 15 is 0 Å². The third-order valence-electron chi connectivity index (χ3n) is 4.47. The van der Waals surface area contributed by atoms with Crippen LogP contribution in [0.15, 0.2) is 0 Å². The van der Waals surface area contributed by atoms with Crippen LogP contribution >= 0.6 is 0 Å². The Kier molecular flexibility index (Phi) is 11.5. The molecule has 0 fully saturated rings. The van der Waals surface area contributed by atoms with Gasteiger partial charge in [-0.1, -0.05) is 0 Å². The molecule has 0 aromatic heterocycles. The van der Waals surface area contributed by atoms with E-state index in [0.29, 0.717) is 0 Å². The molecular formula is C16H21F9N4O5. The van der Waals surface area contributed by atoms with Crippen molar-refractivity contribution in [2.24, 2.45) is 0 Å². The third kappa shape index (κ3) is 11.4. The molecule has 0 aliphatic rings. The van der Waals surface area contributed by atoms with E-state index < -0.39 is 85.6 Å². The number of carbonyl (C=O) groups is 3. The lowest BCUT2D eigenvalue weighted by Gasteiger charge is -2.26. The van der Waals surface area contributed by atoms with Crippen molar-refractivity contribution < 1.29 is 58.8 Å². The minimum absolute atomic E-state index is 0.382. The van der Waals surface area contributed by atoms with Gasteiger partial charge >= 0.3 is 36.3 Å². The van der Waals surface area contributed by atoms with Crippen LogP contribution in [0, 0.1) is 10.1 Å². The van der Waals surface area contributed by atoms with E-state index in [2.05, 4.69) is 0 Å². The van der Waals surface area contributed by atoms with Crippen molar-refractivity contribution in [3.05, 3.63) is 10.1 Å². The molecule has 0 unspecified atom stereocenters. The van der Waals surface area contributed by atoms with Gasteiger partial charge in [0.05, 0.1) is 0 Å². The number of nitro groups is 1. The van der Waals surface area contributed by atoms with Crippen molar-refractivity contribution in [3.8, 4) is 0 Å². The molecule has 0 saturated heterocycles. The summed E-state index contributed by atoms with van der Waals surface area (Å²) in [6, 6.07) is 0. The van der Waals surface area contributed by atoms with Gasteiger partial charge in [0.1, 0.15) is 0 Å². The van der Waals surface area contributed by atoms with Crippen LogP contribution in [0.3, 0.4) is 0 Å². The molecular weight excluding hydrogens is 499 g/mol. The van der Waals surface area contributed by atoms with Crippen LogP contribution in [0.2, 0.25) is 0 Å². The molecule has 0 aromatic carbocycles. The number of amides is 3. The molecule has 0 aliphatic heterocycles. The molecule has 0 saturated carbocycles. The summed E-state index contributed by atoms with van der Waals surface area (Å²) < 4.78 is 110. The van der Waals surface area contributed by atoms with Gasteiger partial charge in [-0.25, -0.2) is 0 Å². The minimum Gasteiger partial charge on any atom is -0.348 e. The lowest BCUT2D eigenvalue weighted by Crippen LogP contribution is -2.43. The second-order valence-electron chi connectivity index (χ2n) is 7.05. The van der Waals surface area contributed by atoms with Crippen LogP contribution in [0.1, 0.15) is 38.5 Å². The number of hydrogen-bond acceptors (Lipinski definition) is 5. The molecule has 198 valence electrons. The van der Waals surface area contributed by atoms with Gasteiger partial charge < -0.3 is 16.0 Å². The van der Waals surface area contributed by atoms with E-state index in [0.717, 1.165) is 0 Å². The average molecular weight is 520 g/mol. The molecule has 0 aliphatic carbocycles. The zero-order valence-corrected chi connectivity index (χ0v) is 17.3. The minimum atomic E-state index is -5.20. The van der Waals surface area contributed by atoms with Gasteiger partial charge in [-0.05, 0) is 19.3 Å². The van der Waals surface area contributed by atoms with Crippen LogP contribution < -0.4 is 16.0 Å². The highest BCUT2D eigenvalue weighted by atomic mass is 19.4. The fraction of sp³-hybridized carbons (Fsp3) is 0.812. The maximum atomic E-state index is 12.2. The van der Waals surface area contributed by atoms with Crippen LogP contribution in [0.5, 0.6) is 0 Å². The van der Waals surface area contributed by atoms with Gasteiger partial charge in [0.15, 0.2) is 0 Å². The summed E-state index contributed by atoms with van der Waals surface area (Å²) in [5.74, 6) is -6.91. The normalized spacial score (nSPS) is 12.7. The predicted octanol–water partition coefficient (Wildman–Crippen LogP) is 2.38. The topological polar surface area (TPSA) is 130 Å². The van der Waals surface area contributed by atoms with Crippen LogP contribution in [-0.2, 0) is 14.4 Å². The highest BCUT2D eigenvalue weighted by molar-refractivity contribution is 5.82. The Labute approximate surface area is 185 Å². The van der Waals surface area contributed by atoms with Gasteiger partial charge in [0, 0.05) is 43.8 Å². The summed E-state index contributed by atoms with van der Waals surface area (Å²) in [6.07, 6.45) is -18.3. The Morgan fingerprint density at radius 2 is 0.824 bits per heavy atom. The molecule has 0 spiro atoms. The van der Waals surface area contributed by atoms with E-state index in [1.165, 1.54) is 16.0 Å². The van der Waals surface area contributed by atoms with Crippen LogP contribution in [-0.4, -0.2) is 66.3 Å². The highest BCUT2D eigenvalue weighted by Gasteiger charge is 2.43. The summed E-state index contributed by atoms with van der Waals surface area (Å²) in [5, 5.41) is 16.1. The van der Waals surface area contributed by atoms with Crippen molar-refractivity contribution in [1.82, 2.24) is 16.0 Å². The lowest BCUT2D eigenvalue weighted by atomic mass is 9.84. The van der Waals surface area contributed by atoms with Gasteiger partial charge in [0.25, 0.3) is 0 Å². The van der Waals surface area contributed by atoms with Crippen molar-refractivity contribution >= 4 is 17.7 Å². The summed E-state index contributed by atoms with van der Waals surface area (Å²) >= 11 is 0. The number of hydrogen-bond donors (Lipinski definition) is 3. The Bertz CT molecular complexity index is 640. The molecule has 0 radical (unpaired) electrons. The second-order valence-corrected chi connectivity index (χ2v) is 7.05. The largest absolute Gasteiger partial charge is 0.471 e. The monoisotopic (exact) mass is 520 g/mol. The molecule has 0 atom stereocenters. The summed E-state index contributed by atoms with van der Waals surface area (Å²) in [6.45, 7) is -1.95. The first-order valence-electron chi connectivity index (χ1n) is 9.52. The second kappa shape index (κ2) is 12.6. The molecule has 18 heteroatoms. The van der Waals surface area contributed by atoms with Crippen LogP contribution in [0.25, 0.3) is 0 Å². The molecule has 0 aromatic rings. The van der Waals surface area contributed by atoms with Crippen molar-refractivity contribution in [3.63, 3.8) is 0 Å². The number of rotatable bonds is 13. The Hall–Kier alpha value is -2.82. The number of carbonyl (C=O) groups excluding carboxylic acids is 3. The highest BCUT2D eigenvalue weighted by Crippen LogP contribution is 2.29. The molecule has 34 heavy (non-hydrogen) atoms. The van der Waals surface area contributed by atoms with E-state index in [1.807, 2.05) is 0 Å². The first kappa shape index (κ1) is 31.2. The smallest absolute Gasteiger partial charge is 0.348 e. The molecule has 0 bridgehead atoms. The van der Waals surface area contributed by atoms with Crippen molar-refractivity contribution in [2.75, 3.05) is 19.6 Å². The Morgan fingerprint density at radius 3 is 1.00 bits per heavy atom. The molecule has 0 heterocycles. The number of nitrogens with one attached hydrogen (secondary N) is 3. The predicted molar refractivity (Wildman–Crippen MR) is 94.6 cm³/mol. The van der Waals surface area contributed by atoms with Gasteiger partial charge in [0.2, 0.25) is 5.54 Å². The van der Waals surface area contributed by atoms with E-state index in [-0.39, 0.29) is 19.3 Å². The number of alkyl halides is 9. The average Bonchev–Trinajstić information content (AvgIpc) is 2.67. The lowest BCUT2D eigenvalue weighted by molar-refractivity contribution is -0.574. The zero-order valence-electron chi connectivity index (χ0n) is 17.3. The quantitative estimate of drug-likeness (QED) is 0.149. The van der Waals surface area contributed by atoms with E-state index in [1.54, 1.807) is 0 Å². The van der Waals surface area contributed by atoms with E-state index in [4.69, 9.17) is 0 Å². The Morgan fingerprint density at radius 1 is 0.588 bits per heavy atom. The SMILES string of the molecule is O=C(NCCCC(CCCNC(=O)C(F)(F)F)(CCCNC(=O)C(F)(F)F)[N+](=O)[O-])C(F)(F)F. The summed E-state index contributed by atoms with van der Waals surface area (Å²) in [7, 11) is 0. The molecule has 0 rings (SSSR count). The molecule has 9 nitrogen and oxygen atoms in total. The number of nitrogens with zero attached hydrogens (tertiary/aromatic N) is 1. The third-order valence-corrected chi connectivity index (χ3v) is 4.47. The van der Waals surface area contributed by atoms with Crippen LogP contribution in [0.4, 0.5) is 39.5 Å². The maximum absolute atomic E-state index is 12.2.